The third-order valence-corrected chi connectivity index (χ3v) is 5.19. The first-order valence-electron chi connectivity index (χ1n) is 6.35. The van der Waals surface area contributed by atoms with Crippen molar-refractivity contribution in [2.24, 2.45) is 0 Å². The van der Waals surface area contributed by atoms with Gasteiger partial charge in [-0.15, -0.1) is 0 Å². The molecule has 8 heteroatoms. The second-order valence-corrected chi connectivity index (χ2v) is 6.59. The van der Waals surface area contributed by atoms with Crippen LogP contribution in [-0.2, 0) is 14.8 Å². The number of amides is 1. The van der Waals surface area contributed by atoms with Crippen molar-refractivity contribution < 1.29 is 17.9 Å². The van der Waals surface area contributed by atoms with Gasteiger partial charge in [-0.25, -0.2) is 8.42 Å². The standard InChI is InChI=1S/C12H15N3O4S/c16-12-8-19-11-2-1-9(7-10(11)14-12)20(17,18)15-5-3-13-4-6-15/h1-2,7,13H,3-6,8H2,(H,14,16). The number of piperazine rings is 1. The van der Waals surface area contributed by atoms with Crippen molar-refractivity contribution in [1.29, 1.82) is 0 Å². The molecule has 0 aromatic heterocycles. The van der Waals surface area contributed by atoms with Crippen molar-refractivity contribution >= 4 is 21.6 Å². The summed E-state index contributed by atoms with van der Waals surface area (Å²) in [6, 6.07) is 4.53. The van der Waals surface area contributed by atoms with Crippen LogP contribution >= 0.6 is 0 Å². The van der Waals surface area contributed by atoms with E-state index in [2.05, 4.69) is 10.6 Å². The van der Waals surface area contributed by atoms with Crippen molar-refractivity contribution in [3.63, 3.8) is 0 Å². The fourth-order valence-electron chi connectivity index (χ4n) is 2.26. The number of ether oxygens (including phenoxy) is 1. The lowest BCUT2D eigenvalue weighted by Gasteiger charge is -2.27. The Morgan fingerprint density at radius 2 is 1.95 bits per heavy atom. The predicted octanol–water partition coefficient (Wildman–Crippen LogP) is -0.389. The molecule has 108 valence electrons. The van der Waals surface area contributed by atoms with Gasteiger partial charge in [0.15, 0.2) is 6.61 Å². The number of anilines is 1. The molecule has 2 N–H and O–H groups in total. The van der Waals surface area contributed by atoms with Crippen molar-refractivity contribution in [1.82, 2.24) is 9.62 Å². The summed E-state index contributed by atoms with van der Waals surface area (Å²) in [5.74, 6) is 0.207. The summed E-state index contributed by atoms with van der Waals surface area (Å²) in [4.78, 5) is 11.5. The molecule has 1 saturated heterocycles. The summed E-state index contributed by atoms with van der Waals surface area (Å²) in [7, 11) is -3.53. The largest absolute Gasteiger partial charge is 0.482 e. The summed E-state index contributed by atoms with van der Waals surface area (Å²) < 4.78 is 31.7. The molecular formula is C12H15N3O4S. The minimum Gasteiger partial charge on any atom is -0.482 e. The minimum absolute atomic E-state index is 0.0448. The monoisotopic (exact) mass is 297 g/mol. The lowest BCUT2D eigenvalue weighted by atomic mass is 10.2. The number of fused-ring (bicyclic) bond motifs is 1. The number of carbonyl (C=O) groups is 1. The van der Waals surface area contributed by atoms with E-state index in [4.69, 9.17) is 4.74 Å². The van der Waals surface area contributed by atoms with Gasteiger partial charge in [0.25, 0.3) is 5.91 Å². The molecule has 1 aromatic rings. The van der Waals surface area contributed by atoms with E-state index < -0.39 is 10.0 Å². The van der Waals surface area contributed by atoms with Crippen LogP contribution < -0.4 is 15.4 Å². The number of nitrogens with zero attached hydrogens (tertiary/aromatic N) is 1. The molecule has 7 nitrogen and oxygen atoms in total. The molecule has 1 fully saturated rings. The van der Waals surface area contributed by atoms with E-state index in [1.54, 1.807) is 6.07 Å². The first kappa shape index (κ1) is 13.3. The average Bonchev–Trinajstić information content (AvgIpc) is 2.47. The Morgan fingerprint density at radius 3 is 2.70 bits per heavy atom. The summed E-state index contributed by atoms with van der Waals surface area (Å²) in [6.45, 7) is 2.13. The van der Waals surface area contributed by atoms with E-state index in [1.165, 1.54) is 16.4 Å². The normalized spacial score (nSPS) is 19.9. The van der Waals surface area contributed by atoms with Crippen LogP contribution in [-0.4, -0.2) is 51.4 Å². The lowest BCUT2D eigenvalue weighted by Crippen LogP contribution is -2.46. The fraction of sp³-hybridized carbons (Fsp3) is 0.417. The highest BCUT2D eigenvalue weighted by Crippen LogP contribution is 2.31. The van der Waals surface area contributed by atoms with E-state index in [-0.39, 0.29) is 17.4 Å². The van der Waals surface area contributed by atoms with Crippen molar-refractivity contribution in [3.8, 4) is 5.75 Å². The summed E-state index contributed by atoms with van der Waals surface area (Å²) in [6.07, 6.45) is 0. The predicted molar refractivity (Wildman–Crippen MR) is 72.2 cm³/mol. The van der Waals surface area contributed by atoms with Gasteiger partial charge >= 0.3 is 0 Å². The van der Waals surface area contributed by atoms with Gasteiger partial charge in [0, 0.05) is 26.2 Å². The number of nitrogens with one attached hydrogen (secondary N) is 2. The molecule has 0 saturated carbocycles. The molecule has 1 aromatic carbocycles. The highest BCUT2D eigenvalue weighted by molar-refractivity contribution is 7.89. The van der Waals surface area contributed by atoms with E-state index in [1.807, 2.05) is 0 Å². The van der Waals surface area contributed by atoms with Crippen LogP contribution in [0.25, 0.3) is 0 Å². The highest BCUT2D eigenvalue weighted by Gasteiger charge is 2.27. The van der Waals surface area contributed by atoms with Gasteiger partial charge in [-0.2, -0.15) is 4.31 Å². The molecule has 0 bridgehead atoms. The fourth-order valence-corrected chi connectivity index (χ4v) is 3.72. The second-order valence-electron chi connectivity index (χ2n) is 4.65. The Kier molecular flexibility index (Phi) is 3.36. The molecular weight excluding hydrogens is 282 g/mol. The first-order valence-corrected chi connectivity index (χ1v) is 7.79. The van der Waals surface area contributed by atoms with Crippen LogP contribution in [0.1, 0.15) is 0 Å². The number of hydrogen-bond acceptors (Lipinski definition) is 5. The number of sulfonamides is 1. The van der Waals surface area contributed by atoms with Gasteiger partial charge in [0.05, 0.1) is 10.6 Å². The first-order chi connectivity index (χ1) is 9.57. The van der Waals surface area contributed by atoms with Gasteiger partial charge in [0.1, 0.15) is 5.75 Å². The van der Waals surface area contributed by atoms with Crippen LogP contribution in [0.4, 0.5) is 5.69 Å². The van der Waals surface area contributed by atoms with Crippen LogP contribution in [0, 0.1) is 0 Å². The Bertz CT molecular complexity index is 638. The van der Waals surface area contributed by atoms with Gasteiger partial charge < -0.3 is 15.4 Å². The van der Waals surface area contributed by atoms with Gasteiger partial charge in [-0.1, -0.05) is 0 Å². The molecule has 0 aliphatic carbocycles. The number of rotatable bonds is 2. The molecule has 2 aliphatic rings. The molecule has 0 unspecified atom stereocenters. The molecule has 0 spiro atoms. The molecule has 2 aliphatic heterocycles. The molecule has 1 amide bonds. The minimum atomic E-state index is -3.53. The van der Waals surface area contributed by atoms with E-state index >= 15 is 0 Å². The lowest BCUT2D eigenvalue weighted by molar-refractivity contribution is -0.118. The smallest absolute Gasteiger partial charge is 0.262 e. The van der Waals surface area contributed by atoms with E-state index in [9.17, 15) is 13.2 Å². The SMILES string of the molecule is O=C1COc2ccc(S(=O)(=O)N3CCNCC3)cc2N1. The van der Waals surface area contributed by atoms with E-state index in [0.29, 0.717) is 37.6 Å². The van der Waals surface area contributed by atoms with Crippen LogP contribution in [0.5, 0.6) is 5.75 Å². The van der Waals surface area contributed by atoms with E-state index in [0.717, 1.165) is 0 Å². The van der Waals surface area contributed by atoms with Crippen LogP contribution in [0.2, 0.25) is 0 Å². The topological polar surface area (TPSA) is 87.7 Å². The maximum Gasteiger partial charge on any atom is 0.262 e. The second kappa shape index (κ2) is 5.04. The summed E-state index contributed by atoms with van der Waals surface area (Å²) in [5, 5.41) is 5.73. The van der Waals surface area contributed by atoms with Crippen LogP contribution in [0.15, 0.2) is 23.1 Å². The zero-order valence-electron chi connectivity index (χ0n) is 10.8. The Morgan fingerprint density at radius 1 is 1.20 bits per heavy atom. The number of carbonyl (C=O) groups excluding carboxylic acids is 1. The van der Waals surface area contributed by atoms with Crippen molar-refractivity contribution in [3.05, 3.63) is 18.2 Å². The van der Waals surface area contributed by atoms with Crippen molar-refractivity contribution in [2.45, 2.75) is 4.90 Å². The molecule has 20 heavy (non-hydrogen) atoms. The van der Waals surface area contributed by atoms with Crippen LogP contribution in [0.3, 0.4) is 0 Å². The van der Waals surface area contributed by atoms with Gasteiger partial charge in [-0.3, -0.25) is 4.79 Å². The number of benzene rings is 1. The molecule has 0 atom stereocenters. The maximum atomic E-state index is 12.5. The Hall–Kier alpha value is -1.64. The number of hydrogen-bond donors (Lipinski definition) is 2. The van der Waals surface area contributed by atoms with Gasteiger partial charge in [0.2, 0.25) is 10.0 Å². The third-order valence-electron chi connectivity index (χ3n) is 3.30. The van der Waals surface area contributed by atoms with Gasteiger partial charge in [-0.05, 0) is 18.2 Å². The molecule has 0 radical (unpaired) electrons. The zero-order valence-corrected chi connectivity index (χ0v) is 11.6. The molecule has 3 rings (SSSR count). The highest BCUT2D eigenvalue weighted by atomic mass is 32.2. The molecule has 2 heterocycles. The summed E-state index contributed by atoms with van der Waals surface area (Å²) in [5.41, 5.74) is 0.400. The zero-order chi connectivity index (χ0) is 14.2. The Labute approximate surface area is 117 Å². The average molecular weight is 297 g/mol. The third kappa shape index (κ3) is 2.37. The quantitative estimate of drug-likeness (QED) is 0.776. The Balaban J connectivity index is 1.93. The van der Waals surface area contributed by atoms with Crippen molar-refractivity contribution in [2.75, 3.05) is 38.1 Å². The maximum absolute atomic E-state index is 12.5. The summed E-state index contributed by atoms with van der Waals surface area (Å²) >= 11 is 0.